The van der Waals surface area contributed by atoms with Crippen molar-refractivity contribution < 1.29 is 24.0 Å². The Balaban J connectivity index is 2.48. The average Bonchev–Trinajstić information content (AvgIpc) is 2.37. The number of ether oxygens (including phenoxy) is 2. The highest BCUT2D eigenvalue weighted by Crippen LogP contribution is 2.18. The van der Waals surface area contributed by atoms with Crippen LogP contribution in [0.4, 0.5) is 5.69 Å². The van der Waals surface area contributed by atoms with Crippen LogP contribution in [0.25, 0.3) is 0 Å². The summed E-state index contributed by atoms with van der Waals surface area (Å²) in [5, 5.41) is 10.5. The number of Topliss-reactive ketones (excluding diaryl/α,β-unsaturated/α-hetero) is 1. The molecule has 0 aliphatic carbocycles. The fraction of sp³-hybridized carbons (Fsp3) is 0.333. The maximum absolute atomic E-state index is 11.4. The van der Waals surface area contributed by atoms with Crippen molar-refractivity contribution in [2.24, 2.45) is 0 Å². The molecule has 0 fully saturated rings. The first-order valence-corrected chi connectivity index (χ1v) is 5.57. The van der Waals surface area contributed by atoms with Crippen LogP contribution in [-0.4, -0.2) is 29.9 Å². The lowest BCUT2D eigenvalue weighted by Gasteiger charge is -2.05. The van der Waals surface area contributed by atoms with Crippen molar-refractivity contribution in [2.75, 3.05) is 13.2 Å². The van der Waals surface area contributed by atoms with Crippen LogP contribution in [-0.2, 0) is 14.3 Å². The zero-order valence-electron chi connectivity index (χ0n) is 10.3. The van der Waals surface area contributed by atoms with Crippen LogP contribution in [0.2, 0.25) is 0 Å². The second-order valence-corrected chi connectivity index (χ2v) is 3.56. The van der Waals surface area contributed by atoms with Gasteiger partial charge >= 0.3 is 5.97 Å². The zero-order chi connectivity index (χ0) is 14.3. The van der Waals surface area contributed by atoms with E-state index in [1.807, 2.05) is 0 Å². The fourth-order valence-corrected chi connectivity index (χ4v) is 1.27. The molecule has 0 unspecified atom stereocenters. The lowest BCUT2D eigenvalue weighted by atomic mass is 10.3. The molecular formula is C12H13NO6. The summed E-state index contributed by atoms with van der Waals surface area (Å²) in [5.41, 5.74) is -0.129. The summed E-state index contributed by atoms with van der Waals surface area (Å²) in [7, 11) is 0. The predicted molar refractivity (Wildman–Crippen MR) is 64.8 cm³/mol. The van der Waals surface area contributed by atoms with Gasteiger partial charge < -0.3 is 9.47 Å². The van der Waals surface area contributed by atoms with E-state index in [-0.39, 0.29) is 31.1 Å². The van der Waals surface area contributed by atoms with Gasteiger partial charge in [0.25, 0.3) is 5.69 Å². The Morgan fingerprint density at radius 2 is 2.11 bits per heavy atom. The van der Waals surface area contributed by atoms with E-state index in [9.17, 15) is 19.7 Å². The molecule has 1 rings (SSSR count). The Morgan fingerprint density at radius 1 is 1.37 bits per heavy atom. The number of non-ortho nitro benzene ring substituents is 1. The third-order valence-electron chi connectivity index (χ3n) is 2.08. The van der Waals surface area contributed by atoms with E-state index < -0.39 is 16.7 Å². The molecule has 1 aromatic rings. The normalized spacial score (nSPS) is 9.74. The highest BCUT2D eigenvalue weighted by Gasteiger charge is 2.12. The molecule has 0 saturated heterocycles. The highest BCUT2D eigenvalue weighted by molar-refractivity contribution is 5.96. The van der Waals surface area contributed by atoms with Gasteiger partial charge in [0.05, 0.1) is 17.6 Å². The number of benzene rings is 1. The van der Waals surface area contributed by atoms with Crippen molar-refractivity contribution in [3.05, 3.63) is 34.4 Å². The summed E-state index contributed by atoms with van der Waals surface area (Å²) >= 11 is 0. The van der Waals surface area contributed by atoms with Crippen LogP contribution in [0.5, 0.6) is 5.75 Å². The molecule has 0 N–H and O–H groups in total. The van der Waals surface area contributed by atoms with Crippen LogP contribution < -0.4 is 4.74 Å². The summed E-state index contributed by atoms with van der Waals surface area (Å²) < 4.78 is 9.69. The first kappa shape index (κ1) is 14.6. The summed E-state index contributed by atoms with van der Waals surface area (Å²) in [6.07, 6.45) is -0.372. The largest absolute Gasteiger partial charge is 0.486 e. The topological polar surface area (TPSA) is 95.7 Å². The van der Waals surface area contributed by atoms with Crippen molar-refractivity contribution in [3.8, 4) is 5.75 Å². The molecule has 0 saturated carbocycles. The van der Waals surface area contributed by atoms with Crippen LogP contribution >= 0.6 is 0 Å². The third-order valence-corrected chi connectivity index (χ3v) is 2.08. The molecule has 7 nitrogen and oxygen atoms in total. The van der Waals surface area contributed by atoms with Crippen molar-refractivity contribution in [2.45, 2.75) is 13.3 Å². The van der Waals surface area contributed by atoms with Crippen molar-refractivity contribution >= 4 is 17.4 Å². The number of hydrogen-bond donors (Lipinski definition) is 0. The number of carbonyl (C=O) groups excluding carboxylic acids is 2. The third kappa shape index (κ3) is 5.15. The number of nitro benzene ring substituents is 1. The Morgan fingerprint density at radius 3 is 2.74 bits per heavy atom. The van der Waals surface area contributed by atoms with Crippen LogP contribution in [0.15, 0.2) is 24.3 Å². The molecule has 102 valence electrons. The maximum Gasteiger partial charge on any atom is 0.313 e. The first-order valence-electron chi connectivity index (χ1n) is 5.57. The Labute approximate surface area is 109 Å². The van der Waals surface area contributed by atoms with E-state index in [1.165, 1.54) is 24.3 Å². The smallest absolute Gasteiger partial charge is 0.313 e. The molecule has 0 amide bonds. The minimum atomic E-state index is -0.616. The molecule has 19 heavy (non-hydrogen) atoms. The van der Waals surface area contributed by atoms with E-state index in [2.05, 4.69) is 4.74 Å². The minimum Gasteiger partial charge on any atom is -0.486 e. The molecule has 0 radical (unpaired) electrons. The maximum atomic E-state index is 11.4. The number of esters is 1. The second kappa shape index (κ2) is 7.10. The van der Waals surface area contributed by atoms with Gasteiger partial charge in [0, 0.05) is 6.07 Å². The molecule has 0 aromatic heterocycles. The van der Waals surface area contributed by atoms with Gasteiger partial charge in [-0.15, -0.1) is 0 Å². The standard InChI is InChI=1S/C12H13NO6/c1-2-18-12(15)7-10(14)8-19-11-5-3-4-9(6-11)13(16)17/h3-6H,2,7-8H2,1H3. The van der Waals surface area contributed by atoms with Crippen molar-refractivity contribution in [3.63, 3.8) is 0 Å². The fourth-order valence-electron chi connectivity index (χ4n) is 1.27. The van der Waals surface area contributed by atoms with Gasteiger partial charge in [-0.2, -0.15) is 0 Å². The monoisotopic (exact) mass is 267 g/mol. The Hall–Kier alpha value is -2.44. The lowest BCUT2D eigenvalue weighted by Crippen LogP contribution is -2.17. The molecule has 0 aliphatic heterocycles. The molecule has 0 spiro atoms. The van der Waals surface area contributed by atoms with Crippen LogP contribution in [0.1, 0.15) is 13.3 Å². The van der Waals surface area contributed by atoms with Gasteiger partial charge in [0.1, 0.15) is 18.8 Å². The van der Waals surface area contributed by atoms with Crippen LogP contribution in [0, 0.1) is 10.1 Å². The number of carbonyl (C=O) groups is 2. The van der Waals surface area contributed by atoms with Gasteiger partial charge in [0.15, 0.2) is 5.78 Å². The van der Waals surface area contributed by atoms with Gasteiger partial charge in [-0.1, -0.05) is 6.07 Å². The Kier molecular flexibility index (Phi) is 5.46. The summed E-state index contributed by atoms with van der Waals surface area (Å²) in [6.45, 7) is 1.51. The van der Waals surface area contributed by atoms with Gasteiger partial charge in [-0.25, -0.2) is 0 Å². The Bertz CT molecular complexity index is 485. The van der Waals surface area contributed by atoms with Crippen LogP contribution in [0.3, 0.4) is 0 Å². The van der Waals surface area contributed by atoms with Gasteiger partial charge in [0.2, 0.25) is 0 Å². The van der Waals surface area contributed by atoms with E-state index in [0.717, 1.165) is 0 Å². The molecule has 0 aliphatic rings. The minimum absolute atomic E-state index is 0.129. The number of nitro groups is 1. The van der Waals surface area contributed by atoms with E-state index >= 15 is 0 Å². The van der Waals surface area contributed by atoms with E-state index in [0.29, 0.717) is 0 Å². The summed E-state index contributed by atoms with van der Waals surface area (Å²) in [4.78, 5) is 32.3. The zero-order valence-corrected chi connectivity index (χ0v) is 10.3. The molecule has 1 aromatic carbocycles. The lowest BCUT2D eigenvalue weighted by molar-refractivity contribution is -0.384. The molecular weight excluding hydrogens is 254 g/mol. The molecule has 0 atom stereocenters. The van der Waals surface area contributed by atoms with E-state index in [1.54, 1.807) is 6.92 Å². The number of rotatable bonds is 7. The van der Waals surface area contributed by atoms with Gasteiger partial charge in [-0.3, -0.25) is 19.7 Å². The van der Waals surface area contributed by atoms with Crippen molar-refractivity contribution in [1.82, 2.24) is 0 Å². The predicted octanol–water partition coefficient (Wildman–Crippen LogP) is 1.50. The number of hydrogen-bond acceptors (Lipinski definition) is 6. The average molecular weight is 267 g/mol. The summed E-state index contributed by atoms with van der Waals surface area (Å²) in [5.74, 6) is -0.869. The summed E-state index contributed by atoms with van der Waals surface area (Å²) in [6, 6.07) is 5.46. The second-order valence-electron chi connectivity index (χ2n) is 3.56. The molecule has 7 heteroatoms. The SMILES string of the molecule is CCOC(=O)CC(=O)COc1cccc([N+](=O)[O-])c1. The van der Waals surface area contributed by atoms with Gasteiger partial charge in [-0.05, 0) is 13.0 Å². The molecule has 0 heterocycles. The number of nitrogens with zero attached hydrogens (tertiary/aromatic N) is 1. The first-order chi connectivity index (χ1) is 9.02. The highest BCUT2D eigenvalue weighted by atomic mass is 16.6. The van der Waals surface area contributed by atoms with Crippen molar-refractivity contribution in [1.29, 1.82) is 0 Å². The number of ketones is 1. The quantitative estimate of drug-likeness (QED) is 0.321. The van der Waals surface area contributed by atoms with E-state index in [4.69, 9.17) is 4.74 Å². The molecule has 0 bridgehead atoms.